The quantitative estimate of drug-likeness (QED) is 0.843. The van der Waals surface area contributed by atoms with Crippen molar-refractivity contribution in [1.82, 2.24) is 0 Å². The predicted octanol–water partition coefficient (Wildman–Crippen LogP) is 2.09. The van der Waals surface area contributed by atoms with Gasteiger partial charge in [-0.2, -0.15) is 0 Å². The number of carbonyl (C=O) groups is 1. The summed E-state index contributed by atoms with van der Waals surface area (Å²) in [5.74, 6) is -1.62. The SMILES string of the molecule is O=C([O-])C1(C(F)F)c2ccccc2Oc2ccccc21. The first-order chi connectivity index (χ1) is 9.58. The number of hydrogen-bond acceptors (Lipinski definition) is 3. The second kappa shape index (κ2) is 4.30. The molecule has 0 saturated carbocycles. The number of ether oxygens (including phenoxy) is 1. The molecule has 1 aliphatic rings. The minimum Gasteiger partial charge on any atom is -0.549 e. The van der Waals surface area contributed by atoms with E-state index >= 15 is 0 Å². The molecule has 0 amide bonds. The van der Waals surface area contributed by atoms with Gasteiger partial charge in [-0.3, -0.25) is 0 Å². The van der Waals surface area contributed by atoms with Crippen LogP contribution in [0.2, 0.25) is 0 Å². The zero-order valence-electron chi connectivity index (χ0n) is 10.2. The number of fused-ring (bicyclic) bond motifs is 2. The van der Waals surface area contributed by atoms with Crippen LogP contribution in [0, 0.1) is 0 Å². The van der Waals surface area contributed by atoms with Crippen molar-refractivity contribution in [2.75, 3.05) is 0 Å². The summed E-state index contributed by atoms with van der Waals surface area (Å²) < 4.78 is 32.9. The molecule has 0 N–H and O–H groups in total. The summed E-state index contributed by atoms with van der Waals surface area (Å²) in [6.45, 7) is 0. The number of halogens is 2. The summed E-state index contributed by atoms with van der Waals surface area (Å²) in [6.07, 6.45) is -3.15. The fraction of sp³-hybridized carbons (Fsp3) is 0.133. The van der Waals surface area contributed by atoms with Gasteiger partial charge >= 0.3 is 0 Å². The van der Waals surface area contributed by atoms with E-state index in [1.807, 2.05) is 0 Å². The van der Waals surface area contributed by atoms with E-state index in [4.69, 9.17) is 4.74 Å². The summed E-state index contributed by atoms with van der Waals surface area (Å²) in [7, 11) is 0. The van der Waals surface area contributed by atoms with Crippen LogP contribution in [0.5, 0.6) is 11.5 Å². The van der Waals surface area contributed by atoms with E-state index < -0.39 is 17.8 Å². The van der Waals surface area contributed by atoms with Gasteiger partial charge in [-0.15, -0.1) is 0 Å². The molecule has 0 spiro atoms. The average Bonchev–Trinajstić information content (AvgIpc) is 2.43. The Morgan fingerprint density at radius 2 is 1.45 bits per heavy atom. The Morgan fingerprint density at radius 1 is 1.00 bits per heavy atom. The van der Waals surface area contributed by atoms with E-state index in [0.29, 0.717) is 0 Å². The van der Waals surface area contributed by atoms with Crippen molar-refractivity contribution in [3.8, 4) is 11.5 Å². The van der Waals surface area contributed by atoms with Gasteiger partial charge in [-0.05, 0) is 12.1 Å². The topological polar surface area (TPSA) is 49.4 Å². The lowest BCUT2D eigenvalue weighted by Crippen LogP contribution is -2.53. The molecule has 0 atom stereocenters. The summed E-state index contributed by atoms with van der Waals surface area (Å²) in [5.41, 5.74) is -2.69. The summed E-state index contributed by atoms with van der Waals surface area (Å²) in [6, 6.07) is 11.8. The van der Waals surface area contributed by atoms with E-state index in [9.17, 15) is 18.7 Å². The zero-order chi connectivity index (χ0) is 14.3. The van der Waals surface area contributed by atoms with Crippen LogP contribution in [0.15, 0.2) is 48.5 Å². The molecule has 2 aromatic rings. The molecule has 102 valence electrons. The smallest absolute Gasteiger partial charge is 0.257 e. The third-order valence-electron chi connectivity index (χ3n) is 3.49. The number of aliphatic carboxylic acids is 1. The molecule has 0 fully saturated rings. The van der Waals surface area contributed by atoms with Crippen LogP contribution in [0.4, 0.5) is 8.78 Å². The van der Waals surface area contributed by atoms with Gasteiger partial charge in [0.05, 0.1) is 5.97 Å². The second-order valence-electron chi connectivity index (χ2n) is 4.49. The Bertz CT molecular complexity index is 637. The molecule has 3 nitrogen and oxygen atoms in total. The second-order valence-corrected chi connectivity index (χ2v) is 4.49. The van der Waals surface area contributed by atoms with Crippen LogP contribution in [-0.2, 0) is 10.2 Å². The Balaban J connectivity index is 2.40. The van der Waals surface area contributed by atoms with Crippen LogP contribution >= 0.6 is 0 Å². The van der Waals surface area contributed by atoms with Gasteiger partial charge in [0.1, 0.15) is 16.9 Å². The minimum atomic E-state index is -3.15. The molecule has 0 bridgehead atoms. The molecule has 2 aromatic carbocycles. The maximum absolute atomic E-state index is 13.7. The number of rotatable bonds is 2. The lowest BCUT2D eigenvalue weighted by molar-refractivity contribution is -0.316. The first kappa shape index (κ1) is 12.6. The normalized spacial score (nSPS) is 15.2. The molecule has 20 heavy (non-hydrogen) atoms. The monoisotopic (exact) mass is 275 g/mol. The Kier molecular flexibility index (Phi) is 2.71. The molecule has 1 heterocycles. The average molecular weight is 275 g/mol. The number of carbonyl (C=O) groups excluding carboxylic acids is 1. The zero-order valence-corrected chi connectivity index (χ0v) is 10.2. The van der Waals surface area contributed by atoms with E-state index in [1.54, 1.807) is 12.1 Å². The minimum absolute atomic E-state index is 0.0892. The van der Waals surface area contributed by atoms with Crippen molar-refractivity contribution in [1.29, 1.82) is 0 Å². The van der Waals surface area contributed by atoms with Gasteiger partial charge in [-0.1, -0.05) is 36.4 Å². The first-order valence-electron chi connectivity index (χ1n) is 5.95. The van der Waals surface area contributed by atoms with Crippen molar-refractivity contribution in [2.24, 2.45) is 0 Å². The highest BCUT2D eigenvalue weighted by molar-refractivity contribution is 5.88. The molecule has 5 heteroatoms. The van der Waals surface area contributed by atoms with Gasteiger partial charge in [0.2, 0.25) is 0 Å². The van der Waals surface area contributed by atoms with E-state index in [2.05, 4.69) is 0 Å². The highest BCUT2D eigenvalue weighted by atomic mass is 19.3. The summed E-state index contributed by atoms with van der Waals surface area (Å²) in [5, 5.41) is 11.6. The van der Waals surface area contributed by atoms with Gasteiger partial charge < -0.3 is 14.6 Å². The molecule has 1 aliphatic heterocycles. The highest BCUT2D eigenvalue weighted by Crippen LogP contribution is 2.50. The molecule has 3 rings (SSSR count). The maximum Gasteiger partial charge on any atom is 0.257 e. The van der Waals surface area contributed by atoms with Gasteiger partial charge in [-0.25, -0.2) is 8.78 Å². The molecular formula is C15H9F2O3-. The molecule has 0 aliphatic carbocycles. The number of alkyl halides is 2. The van der Waals surface area contributed by atoms with Gasteiger partial charge in [0.25, 0.3) is 6.43 Å². The maximum atomic E-state index is 13.7. The number of carboxylic acid groups (broad SMARTS) is 1. The van der Waals surface area contributed by atoms with Crippen LogP contribution in [0.3, 0.4) is 0 Å². The number of carboxylic acids is 1. The van der Waals surface area contributed by atoms with E-state index in [1.165, 1.54) is 36.4 Å². The third-order valence-corrected chi connectivity index (χ3v) is 3.49. The number of para-hydroxylation sites is 2. The Hall–Kier alpha value is -2.43. The standard InChI is InChI=1S/C15H10F2O3/c16-13(17)15(14(18)19)9-5-1-3-7-11(9)20-12-8-4-2-6-10(12)15/h1-8,13H,(H,18,19)/p-1. The Morgan fingerprint density at radius 3 is 1.85 bits per heavy atom. The fourth-order valence-electron chi connectivity index (χ4n) is 2.57. The molecule has 0 unspecified atom stereocenters. The van der Waals surface area contributed by atoms with Crippen LogP contribution in [-0.4, -0.2) is 12.4 Å². The highest BCUT2D eigenvalue weighted by Gasteiger charge is 2.50. The Labute approximate surface area is 113 Å². The lowest BCUT2D eigenvalue weighted by Gasteiger charge is -2.40. The van der Waals surface area contributed by atoms with Crippen molar-refractivity contribution < 1.29 is 23.4 Å². The van der Waals surface area contributed by atoms with Gasteiger partial charge in [0, 0.05) is 11.1 Å². The first-order valence-corrected chi connectivity index (χ1v) is 5.95. The largest absolute Gasteiger partial charge is 0.549 e. The number of benzene rings is 2. The fourth-order valence-corrected chi connectivity index (χ4v) is 2.57. The van der Waals surface area contributed by atoms with Crippen molar-refractivity contribution in [3.05, 3.63) is 59.7 Å². The molecular weight excluding hydrogens is 266 g/mol. The van der Waals surface area contributed by atoms with Crippen LogP contribution < -0.4 is 9.84 Å². The van der Waals surface area contributed by atoms with Crippen LogP contribution in [0.1, 0.15) is 11.1 Å². The van der Waals surface area contributed by atoms with Crippen LogP contribution in [0.25, 0.3) is 0 Å². The van der Waals surface area contributed by atoms with E-state index in [-0.39, 0.29) is 22.6 Å². The third kappa shape index (κ3) is 1.46. The lowest BCUT2D eigenvalue weighted by atomic mass is 9.72. The van der Waals surface area contributed by atoms with E-state index in [0.717, 1.165) is 0 Å². The van der Waals surface area contributed by atoms with Gasteiger partial charge in [0.15, 0.2) is 0 Å². The molecule has 0 aromatic heterocycles. The number of hydrogen-bond donors (Lipinski definition) is 0. The molecule has 0 saturated heterocycles. The van der Waals surface area contributed by atoms with Crippen molar-refractivity contribution >= 4 is 5.97 Å². The van der Waals surface area contributed by atoms with Crippen molar-refractivity contribution in [3.63, 3.8) is 0 Å². The summed E-state index contributed by atoms with van der Waals surface area (Å²) >= 11 is 0. The summed E-state index contributed by atoms with van der Waals surface area (Å²) in [4.78, 5) is 11.6. The molecule has 0 radical (unpaired) electrons. The predicted molar refractivity (Wildman–Crippen MR) is 64.7 cm³/mol. The van der Waals surface area contributed by atoms with Crippen molar-refractivity contribution in [2.45, 2.75) is 11.8 Å².